The van der Waals surface area contributed by atoms with E-state index in [-0.39, 0.29) is 0 Å². The van der Waals surface area contributed by atoms with Crippen molar-refractivity contribution >= 4 is 11.7 Å². The van der Waals surface area contributed by atoms with Gasteiger partial charge in [-0.1, -0.05) is 6.07 Å². The van der Waals surface area contributed by atoms with Crippen LogP contribution in [0.15, 0.2) is 30.9 Å². The van der Waals surface area contributed by atoms with Gasteiger partial charge < -0.3 is 10.1 Å². The Balaban J connectivity index is 2.08. The summed E-state index contributed by atoms with van der Waals surface area (Å²) in [5.41, 5.74) is 4.15. The molecular weight excluding hydrogens is 234 g/mol. The van der Waals surface area contributed by atoms with Crippen molar-refractivity contribution < 1.29 is 9.53 Å². The van der Waals surface area contributed by atoms with E-state index in [2.05, 4.69) is 20.9 Å². The Morgan fingerprint density at radius 2 is 2.06 bits per heavy atom. The Bertz CT molecular complexity index is 538. The highest BCUT2D eigenvalue weighted by atomic mass is 16.5. The second kappa shape index (κ2) is 5.17. The van der Waals surface area contributed by atoms with Crippen LogP contribution in [0.1, 0.15) is 5.56 Å². The molecule has 0 bridgehead atoms. The summed E-state index contributed by atoms with van der Waals surface area (Å²) in [5, 5.41) is 9.84. The number of amides is 2. The first-order valence-corrected chi connectivity index (χ1v) is 5.26. The monoisotopic (exact) mass is 247 g/mol. The van der Waals surface area contributed by atoms with Crippen molar-refractivity contribution in [3.8, 4) is 5.75 Å². The molecule has 1 heterocycles. The molecule has 2 aromatic rings. The normalized spacial score (nSPS) is 9.89. The minimum Gasteiger partial charge on any atom is -0.495 e. The number of benzene rings is 1. The molecule has 0 aliphatic heterocycles. The van der Waals surface area contributed by atoms with Crippen LogP contribution < -0.4 is 15.5 Å². The van der Waals surface area contributed by atoms with E-state index >= 15 is 0 Å². The van der Waals surface area contributed by atoms with Crippen LogP contribution in [0.4, 0.5) is 10.5 Å². The number of aromatic nitrogens is 3. The van der Waals surface area contributed by atoms with E-state index in [1.54, 1.807) is 13.2 Å². The number of carbonyl (C=O) groups excluding carboxylic acids is 1. The molecule has 7 heteroatoms. The number of ether oxygens (including phenoxy) is 1. The van der Waals surface area contributed by atoms with Gasteiger partial charge in [-0.05, 0) is 24.6 Å². The summed E-state index contributed by atoms with van der Waals surface area (Å²) in [6.45, 7) is 1.93. The van der Waals surface area contributed by atoms with Gasteiger partial charge in [-0.25, -0.2) is 14.9 Å². The first-order chi connectivity index (χ1) is 8.69. The zero-order valence-corrected chi connectivity index (χ0v) is 10.0. The zero-order valence-electron chi connectivity index (χ0n) is 10.0. The van der Waals surface area contributed by atoms with E-state index in [0.717, 1.165) is 5.56 Å². The number of rotatable bonds is 3. The van der Waals surface area contributed by atoms with Gasteiger partial charge in [-0.3, -0.25) is 0 Å². The van der Waals surface area contributed by atoms with Crippen molar-refractivity contribution in [2.45, 2.75) is 6.92 Å². The number of nitrogens with zero attached hydrogens (tertiary/aromatic N) is 3. The van der Waals surface area contributed by atoms with Gasteiger partial charge in [0.1, 0.15) is 18.4 Å². The van der Waals surface area contributed by atoms with Crippen molar-refractivity contribution in [3.63, 3.8) is 0 Å². The Kier molecular flexibility index (Phi) is 3.42. The SMILES string of the molecule is COc1ccc(C)cc1NC(=O)Nn1cnnc1. The van der Waals surface area contributed by atoms with Gasteiger partial charge in [-0.15, -0.1) is 10.2 Å². The molecule has 1 aromatic carbocycles. The molecule has 0 spiro atoms. The fourth-order valence-electron chi connectivity index (χ4n) is 1.45. The molecule has 0 radical (unpaired) electrons. The van der Waals surface area contributed by atoms with Crippen molar-refractivity contribution in [2.75, 3.05) is 17.9 Å². The summed E-state index contributed by atoms with van der Waals surface area (Å²) < 4.78 is 6.51. The van der Waals surface area contributed by atoms with Gasteiger partial charge in [0.05, 0.1) is 12.8 Å². The van der Waals surface area contributed by atoms with Crippen LogP contribution in [-0.2, 0) is 0 Å². The van der Waals surface area contributed by atoms with Crippen LogP contribution in [0.2, 0.25) is 0 Å². The maximum absolute atomic E-state index is 11.7. The van der Waals surface area contributed by atoms with Crippen LogP contribution in [0.25, 0.3) is 0 Å². The summed E-state index contributed by atoms with van der Waals surface area (Å²) in [5.74, 6) is 0.597. The maximum atomic E-state index is 11.7. The van der Waals surface area contributed by atoms with Crippen molar-refractivity contribution in [3.05, 3.63) is 36.4 Å². The van der Waals surface area contributed by atoms with Gasteiger partial charge in [0.25, 0.3) is 0 Å². The molecule has 94 valence electrons. The van der Waals surface area contributed by atoms with Crippen molar-refractivity contribution in [1.82, 2.24) is 14.9 Å². The van der Waals surface area contributed by atoms with Crippen molar-refractivity contribution in [1.29, 1.82) is 0 Å². The lowest BCUT2D eigenvalue weighted by Gasteiger charge is -2.11. The number of hydrogen-bond acceptors (Lipinski definition) is 4. The Hall–Kier alpha value is -2.57. The van der Waals surface area contributed by atoms with E-state index in [4.69, 9.17) is 4.74 Å². The smallest absolute Gasteiger partial charge is 0.338 e. The molecule has 1 aromatic heterocycles. The predicted octanol–water partition coefficient (Wildman–Crippen LogP) is 1.37. The number of nitrogens with one attached hydrogen (secondary N) is 2. The molecule has 0 aliphatic carbocycles. The topological polar surface area (TPSA) is 81.1 Å². The van der Waals surface area contributed by atoms with Gasteiger partial charge in [-0.2, -0.15) is 0 Å². The second-order valence-corrected chi connectivity index (χ2v) is 3.64. The lowest BCUT2D eigenvalue weighted by atomic mass is 10.2. The van der Waals surface area contributed by atoms with E-state index in [0.29, 0.717) is 11.4 Å². The van der Waals surface area contributed by atoms with Crippen LogP contribution in [-0.4, -0.2) is 28.0 Å². The highest BCUT2D eigenvalue weighted by molar-refractivity contribution is 5.96. The lowest BCUT2D eigenvalue weighted by Crippen LogP contribution is -2.26. The molecule has 2 rings (SSSR count). The minimum absolute atomic E-state index is 0.404. The van der Waals surface area contributed by atoms with Gasteiger partial charge in [0, 0.05) is 0 Å². The van der Waals surface area contributed by atoms with E-state index in [1.165, 1.54) is 17.3 Å². The second-order valence-electron chi connectivity index (χ2n) is 3.64. The number of aryl methyl sites for hydroxylation is 1. The quantitative estimate of drug-likeness (QED) is 0.858. The molecule has 2 amide bonds. The average molecular weight is 247 g/mol. The molecule has 0 saturated heterocycles. The largest absolute Gasteiger partial charge is 0.495 e. The number of carbonyl (C=O) groups is 1. The molecular formula is C11H13N5O2. The number of urea groups is 1. The first-order valence-electron chi connectivity index (χ1n) is 5.26. The third-order valence-electron chi connectivity index (χ3n) is 2.25. The van der Waals surface area contributed by atoms with Crippen LogP contribution in [0.3, 0.4) is 0 Å². The summed E-state index contributed by atoms with van der Waals surface area (Å²) in [4.78, 5) is 11.7. The molecule has 0 fully saturated rings. The molecule has 0 atom stereocenters. The summed E-state index contributed by atoms with van der Waals surface area (Å²) in [6.07, 6.45) is 2.76. The van der Waals surface area contributed by atoms with Crippen LogP contribution in [0, 0.1) is 6.92 Å². The standard InChI is InChI=1S/C11H13N5O2/c1-8-3-4-10(18-2)9(5-8)14-11(17)15-16-6-12-13-7-16/h3-7H,1-2H3,(H2,14,15,17). The fourth-order valence-corrected chi connectivity index (χ4v) is 1.45. The van der Waals surface area contributed by atoms with Crippen LogP contribution >= 0.6 is 0 Å². The predicted molar refractivity (Wildman–Crippen MR) is 66.1 cm³/mol. The van der Waals surface area contributed by atoms with E-state index in [1.807, 2.05) is 19.1 Å². The average Bonchev–Trinajstić information content (AvgIpc) is 2.82. The molecule has 7 nitrogen and oxygen atoms in total. The van der Waals surface area contributed by atoms with Gasteiger partial charge in [0.2, 0.25) is 0 Å². The highest BCUT2D eigenvalue weighted by Gasteiger charge is 2.07. The van der Waals surface area contributed by atoms with Crippen molar-refractivity contribution in [2.24, 2.45) is 0 Å². The summed E-state index contributed by atoms with van der Waals surface area (Å²) in [6, 6.07) is 5.12. The van der Waals surface area contributed by atoms with Gasteiger partial charge in [0.15, 0.2) is 0 Å². The minimum atomic E-state index is -0.404. The third-order valence-corrected chi connectivity index (χ3v) is 2.25. The third kappa shape index (κ3) is 2.76. The molecule has 0 saturated carbocycles. The number of hydrogen-bond donors (Lipinski definition) is 2. The number of anilines is 1. The van der Waals surface area contributed by atoms with E-state index < -0.39 is 6.03 Å². The number of methoxy groups -OCH3 is 1. The Morgan fingerprint density at radius 1 is 1.33 bits per heavy atom. The lowest BCUT2D eigenvalue weighted by molar-refractivity contribution is 0.259. The van der Waals surface area contributed by atoms with Gasteiger partial charge >= 0.3 is 6.03 Å². The van der Waals surface area contributed by atoms with E-state index in [9.17, 15) is 4.79 Å². The Labute approximate surface area is 104 Å². The maximum Gasteiger partial charge on any atom is 0.338 e. The fraction of sp³-hybridized carbons (Fsp3) is 0.182. The molecule has 0 aliphatic rings. The summed E-state index contributed by atoms with van der Waals surface area (Å²) >= 11 is 0. The molecule has 18 heavy (non-hydrogen) atoms. The molecule has 0 unspecified atom stereocenters. The first kappa shape index (κ1) is 11.9. The highest BCUT2D eigenvalue weighted by Crippen LogP contribution is 2.24. The molecule has 2 N–H and O–H groups in total. The summed E-state index contributed by atoms with van der Waals surface area (Å²) in [7, 11) is 1.55. The van der Waals surface area contributed by atoms with Crippen LogP contribution in [0.5, 0.6) is 5.75 Å². The zero-order chi connectivity index (χ0) is 13.0. The Morgan fingerprint density at radius 3 is 2.72 bits per heavy atom.